The Morgan fingerprint density at radius 1 is 1.29 bits per heavy atom. The quantitative estimate of drug-likeness (QED) is 0.687. The third kappa shape index (κ3) is 5.94. The number of anilines is 1. The predicted octanol–water partition coefficient (Wildman–Crippen LogP) is 4.05. The van der Waals surface area contributed by atoms with Crippen molar-refractivity contribution in [2.24, 2.45) is 5.73 Å². The highest BCUT2D eigenvalue weighted by molar-refractivity contribution is 6.30. The van der Waals surface area contributed by atoms with Crippen molar-refractivity contribution < 1.29 is 0 Å². The highest BCUT2D eigenvalue weighted by Crippen LogP contribution is 2.17. The normalized spacial score (nSPS) is 12.4. The lowest BCUT2D eigenvalue weighted by molar-refractivity contribution is 0.575. The van der Waals surface area contributed by atoms with Gasteiger partial charge in [-0.2, -0.15) is 0 Å². The summed E-state index contributed by atoms with van der Waals surface area (Å²) in [5.74, 6) is 0. The van der Waals surface area contributed by atoms with Gasteiger partial charge in [-0.3, -0.25) is 0 Å². The highest BCUT2D eigenvalue weighted by Gasteiger charge is 2.06. The minimum absolute atomic E-state index is 0.352. The zero-order valence-corrected chi connectivity index (χ0v) is 11.3. The molecule has 96 valence electrons. The van der Waals surface area contributed by atoms with Gasteiger partial charge in [0.15, 0.2) is 0 Å². The van der Waals surface area contributed by atoms with Gasteiger partial charge in [0, 0.05) is 23.3 Å². The number of halogens is 1. The molecule has 0 aliphatic carbocycles. The van der Waals surface area contributed by atoms with Crippen LogP contribution in [0.1, 0.15) is 39.0 Å². The minimum atomic E-state index is 0.352. The summed E-state index contributed by atoms with van der Waals surface area (Å²) in [4.78, 5) is 0. The zero-order valence-electron chi connectivity index (χ0n) is 10.6. The number of hydrogen-bond donors (Lipinski definition) is 2. The second kappa shape index (κ2) is 8.37. The summed E-state index contributed by atoms with van der Waals surface area (Å²) >= 11 is 5.95. The predicted molar refractivity (Wildman–Crippen MR) is 76.7 cm³/mol. The van der Waals surface area contributed by atoms with Crippen molar-refractivity contribution in [3.8, 4) is 0 Å². The molecule has 0 fully saturated rings. The molecule has 0 bridgehead atoms. The van der Waals surface area contributed by atoms with Crippen molar-refractivity contribution in [3.63, 3.8) is 0 Å². The Morgan fingerprint density at radius 3 is 2.76 bits per heavy atom. The Kier molecular flexibility index (Phi) is 7.06. The monoisotopic (exact) mass is 254 g/mol. The number of rotatable bonds is 8. The lowest BCUT2D eigenvalue weighted by Gasteiger charge is -2.18. The number of unbranched alkanes of at least 4 members (excludes halogenated alkanes) is 3. The van der Waals surface area contributed by atoms with Crippen LogP contribution in [0.4, 0.5) is 5.69 Å². The second-order valence-corrected chi connectivity index (χ2v) is 4.87. The first-order valence-corrected chi connectivity index (χ1v) is 6.86. The van der Waals surface area contributed by atoms with E-state index in [4.69, 9.17) is 17.3 Å². The zero-order chi connectivity index (χ0) is 12.5. The molecule has 17 heavy (non-hydrogen) atoms. The van der Waals surface area contributed by atoms with Crippen molar-refractivity contribution in [1.82, 2.24) is 0 Å². The van der Waals surface area contributed by atoms with Crippen LogP contribution in [-0.2, 0) is 0 Å². The molecule has 0 amide bonds. The van der Waals surface area contributed by atoms with Gasteiger partial charge in [-0.15, -0.1) is 0 Å². The van der Waals surface area contributed by atoms with E-state index in [1.807, 2.05) is 24.3 Å². The van der Waals surface area contributed by atoms with Crippen molar-refractivity contribution in [2.45, 2.75) is 45.1 Å². The number of nitrogens with two attached hydrogens (primary N) is 1. The Labute approximate surface area is 110 Å². The van der Waals surface area contributed by atoms with Gasteiger partial charge in [0.25, 0.3) is 0 Å². The lowest BCUT2D eigenvalue weighted by atomic mass is 10.1. The first kappa shape index (κ1) is 14.3. The maximum atomic E-state index is 5.95. The summed E-state index contributed by atoms with van der Waals surface area (Å²) in [5, 5.41) is 4.20. The molecule has 1 rings (SSSR count). The topological polar surface area (TPSA) is 38.0 Å². The molecule has 0 radical (unpaired) electrons. The van der Waals surface area contributed by atoms with Crippen LogP contribution in [0, 0.1) is 0 Å². The molecule has 0 aliphatic rings. The average Bonchev–Trinajstić information content (AvgIpc) is 2.33. The molecule has 3 heteroatoms. The maximum absolute atomic E-state index is 5.95. The van der Waals surface area contributed by atoms with Gasteiger partial charge in [0.1, 0.15) is 0 Å². The summed E-state index contributed by atoms with van der Waals surface area (Å²) in [6.07, 6.45) is 6.25. The number of hydrogen-bond acceptors (Lipinski definition) is 2. The molecule has 2 nitrogen and oxygen atoms in total. The van der Waals surface area contributed by atoms with Crippen molar-refractivity contribution in [2.75, 3.05) is 11.9 Å². The van der Waals surface area contributed by atoms with E-state index in [0.29, 0.717) is 12.6 Å². The number of benzene rings is 1. The summed E-state index contributed by atoms with van der Waals surface area (Å²) in [5.41, 5.74) is 6.84. The van der Waals surface area contributed by atoms with Gasteiger partial charge >= 0.3 is 0 Å². The van der Waals surface area contributed by atoms with Crippen molar-refractivity contribution in [1.29, 1.82) is 0 Å². The van der Waals surface area contributed by atoms with E-state index < -0.39 is 0 Å². The van der Waals surface area contributed by atoms with Crippen LogP contribution in [0.25, 0.3) is 0 Å². The van der Waals surface area contributed by atoms with Gasteiger partial charge in [-0.1, -0.05) is 50.3 Å². The Bertz CT molecular complexity index is 315. The van der Waals surface area contributed by atoms with E-state index in [2.05, 4.69) is 12.2 Å². The van der Waals surface area contributed by atoms with Crippen LogP contribution >= 0.6 is 11.6 Å². The molecule has 0 aromatic heterocycles. The van der Waals surface area contributed by atoms with E-state index in [9.17, 15) is 0 Å². The molecular weight excluding hydrogens is 232 g/mol. The van der Waals surface area contributed by atoms with Crippen LogP contribution in [-0.4, -0.2) is 12.6 Å². The van der Waals surface area contributed by atoms with Crippen LogP contribution in [0.5, 0.6) is 0 Å². The minimum Gasteiger partial charge on any atom is -0.381 e. The van der Waals surface area contributed by atoms with Gasteiger partial charge in [0.2, 0.25) is 0 Å². The van der Waals surface area contributed by atoms with Gasteiger partial charge < -0.3 is 11.1 Å². The van der Waals surface area contributed by atoms with Crippen LogP contribution in [0.2, 0.25) is 5.02 Å². The van der Waals surface area contributed by atoms with Gasteiger partial charge in [-0.25, -0.2) is 0 Å². The van der Waals surface area contributed by atoms with Gasteiger partial charge in [-0.05, 0) is 24.6 Å². The average molecular weight is 255 g/mol. The first-order valence-electron chi connectivity index (χ1n) is 6.48. The SMILES string of the molecule is CCCCCCC(CN)Nc1cccc(Cl)c1. The summed E-state index contributed by atoms with van der Waals surface area (Å²) in [6.45, 7) is 2.89. The molecule has 0 heterocycles. The molecule has 0 saturated carbocycles. The third-order valence-electron chi connectivity index (χ3n) is 2.89. The smallest absolute Gasteiger partial charge is 0.0426 e. The van der Waals surface area contributed by atoms with Crippen LogP contribution in [0.15, 0.2) is 24.3 Å². The van der Waals surface area contributed by atoms with Crippen LogP contribution < -0.4 is 11.1 Å². The van der Waals surface area contributed by atoms with E-state index in [0.717, 1.165) is 17.1 Å². The summed E-state index contributed by atoms with van der Waals surface area (Å²) in [6, 6.07) is 8.16. The standard InChI is InChI=1S/C14H23ClN2/c1-2-3-4-5-8-14(11-16)17-13-9-6-7-12(15)10-13/h6-7,9-10,14,17H,2-5,8,11,16H2,1H3. The first-order chi connectivity index (χ1) is 8.26. The molecule has 1 atom stereocenters. The van der Waals surface area contributed by atoms with E-state index >= 15 is 0 Å². The summed E-state index contributed by atoms with van der Waals surface area (Å²) in [7, 11) is 0. The fraction of sp³-hybridized carbons (Fsp3) is 0.571. The number of nitrogens with one attached hydrogen (secondary N) is 1. The van der Waals surface area contributed by atoms with E-state index in [1.54, 1.807) is 0 Å². The van der Waals surface area contributed by atoms with Crippen molar-refractivity contribution >= 4 is 17.3 Å². The van der Waals surface area contributed by atoms with Crippen LogP contribution in [0.3, 0.4) is 0 Å². The largest absolute Gasteiger partial charge is 0.381 e. The fourth-order valence-corrected chi connectivity index (χ4v) is 2.07. The highest BCUT2D eigenvalue weighted by atomic mass is 35.5. The lowest BCUT2D eigenvalue weighted by Crippen LogP contribution is -2.28. The third-order valence-corrected chi connectivity index (χ3v) is 3.12. The molecule has 0 spiro atoms. The Hall–Kier alpha value is -0.730. The van der Waals surface area contributed by atoms with E-state index in [-0.39, 0.29) is 0 Å². The molecule has 3 N–H and O–H groups in total. The van der Waals surface area contributed by atoms with Gasteiger partial charge in [0.05, 0.1) is 0 Å². The Morgan fingerprint density at radius 2 is 2.12 bits per heavy atom. The Balaban J connectivity index is 2.35. The molecule has 1 unspecified atom stereocenters. The molecule has 0 aliphatic heterocycles. The van der Waals surface area contributed by atoms with E-state index in [1.165, 1.54) is 25.7 Å². The second-order valence-electron chi connectivity index (χ2n) is 4.44. The fourth-order valence-electron chi connectivity index (χ4n) is 1.88. The molecule has 1 aromatic carbocycles. The summed E-state index contributed by atoms with van der Waals surface area (Å²) < 4.78 is 0. The molecule has 0 saturated heterocycles. The van der Waals surface area contributed by atoms with Crippen molar-refractivity contribution in [3.05, 3.63) is 29.3 Å². The molecule has 1 aromatic rings. The molecular formula is C14H23ClN2. The maximum Gasteiger partial charge on any atom is 0.0426 e.